The van der Waals surface area contributed by atoms with Crippen LogP contribution in [0.25, 0.3) is 22.1 Å². The third kappa shape index (κ3) is 3.24. The molecule has 0 saturated heterocycles. The van der Waals surface area contributed by atoms with Crippen LogP contribution < -0.4 is 5.32 Å². The quantitative estimate of drug-likeness (QED) is 0.469. The predicted octanol–water partition coefficient (Wildman–Crippen LogP) is 1.95. The van der Waals surface area contributed by atoms with Crippen LogP contribution in [0.3, 0.4) is 0 Å². The molecular formula is C19H17N5O3. The number of carbonyl (C=O) groups excluding carboxylic acids is 2. The first kappa shape index (κ1) is 16.8. The van der Waals surface area contributed by atoms with Gasteiger partial charge in [0, 0.05) is 23.5 Å². The number of imidazole rings is 1. The molecule has 8 nitrogen and oxygen atoms in total. The maximum Gasteiger partial charge on any atom is 0.328 e. The summed E-state index contributed by atoms with van der Waals surface area (Å²) in [6.07, 6.45) is 3.64. The Kier molecular flexibility index (Phi) is 4.29. The molecule has 3 aromatic heterocycles. The van der Waals surface area contributed by atoms with Gasteiger partial charge < -0.3 is 20.0 Å². The van der Waals surface area contributed by atoms with E-state index in [1.807, 2.05) is 30.5 Å². The summed E-state index contributed by atoms with van der Waals surface area (Å²) < 4.78 is 4.87. The van der Waals surface area contributed by atoms with Crippen LogP contribution in [-0.2, 0) is 16.0 Å². The van der Waals surface area contributed by atoms with Crippen molar-refractivity contribution in [2.45, 2.75) is 12.5 Å². The molecule has 3 heterocycles. The molecule has 1 aromatic carbocycles. The standard InChI is InChI=1S/C19H17N5O3/c1-27-19(26)16(8-11-9-20-13-5-3-2-4-12(11)13)24-18(25)15-7-6-14-17(23-15)22-10-21-14/h2-7,9-10,16,20H,8H2,1H3,(H,24,25)(H,21,22,23)/t16-/m0/s1. The summed E-state index contributed by atoms with van der Waals surface area (Å²) in [6.45, 7) is 0. The number of rotatable bonds is 5. The van der Waals surface area contributed by atoms with Gasteiger partial charge in [-0.3, -0.25) is 4.79 Å². The van der Waals surface area contributed by atoms with Gasteiger partial charge in [-0.1, -0.05) is 18.2 Å². The number of carbonyl (C=O) groups is 2. The second-order valence-electron chi connectivity index (χ2n) is 6.08. The van der Waals surface area contributed by atoms with E-state index in [0.717, 1.165) is 22.0 Å². The summed E-state index contributed by atoms with van der Waals surface area (Å²) in [6, 6.07) is 10.2. The number of fused-ring (bicyclic) bond motifs is 2. The minimum Gasteiger partial charge on any atom is -0.467 e. The first-order chi connectivity index (χ1) is 13.2. The number of ether oxygens (including phenoxy) is 1. The van der Waals surface area contributed by atoms with Crippen molar-refractivity contribution in [1.82, 2.24) is 25.3 Å². The Labute approximate surface area is 154 Å². The van der Waals surface area contributed by atoms with Crippen LogP contribution in [0.15, 0.2) is 48.9 Å². The van der Waals surface area contributed by atoms with Gasteiger partial charge in [0.25, 0.3) is 5.91 Å². The Morgan fingerprint density at radius 2 is 2.00 bits per heavy atom. The number of nitrogens with one attached hydrogen (secondary N) is 3. The Balaban J connectivity index is 1.58. The first-order valence-corrected chi connectivity index (χ1v) is 8.39. The van der Waals surface area contributed by atoms with E-state index >= 15 is 0 Å². The zero-order chi connectivity index (χ0) is 18.8. The smallest absolute Gasteiger partial charge is 0.328 e. The Hall–Kier alpha value is -3.68. The summed E-state index contributed by atoms with van der Waals surface area (Å²) in [4.78, 5) is 39.2. The Morgan fingerprint density at radius 3 is 2.85 bits per heavy atom. The average Bonchev–Trinajstić information content (AvgIpc) is 3.33. The number of hydrogen-bond donors (Lipinski definition) is 3. The van der Waals surface area contributed by atoms with Crippen LogP contribution in [0.2, 0.25) is 0 Å². The van der Waals surface area contributed by atoms with E-state index in [1.54, 1.807) is 12.1 Å². The SMILES string of the molecule is COC(=O)[C@H](Cc1c[nH]c2ccccc12)NC(=O)c1ccc2[nH]cnc2n1. The lowest BCUT2D eigenvalue weighted by molar-refractivity contribution is -0.142. The Morgan fingerprint density at radius 1 is 1.15 bits per heavy atom. The fourth-order valence-corrected chi connectivity index (χ4v) is 3.04. The van der Waals surface area contributed by atoms with Crippen LogP contribution in [0.4, 0.5) is 0 Å². The van der Waals surface area contributed by atoms with Crippen LogP contribution in [0.5, 0.6) is 0 Å². The summed E-state index contributed by atoms with van der Waals surface area (Å²) >= 11 is 0. The molecule has 0 radical (unpaired) electrons. The number of aromatic nitrogens is 4. The molecule has 0 aliphatic heterocycles. The highest BCUT2D eigenvalue weighted by Gasteiger charge is 2.24. The fourth-order valence-electron chi connectivity index (χ4n) is 3.04. The van der Waals surface area contributed by atoms with E-state index in [1.165, 1.54) is 13.4 Å². The van der Waals surface area contributed by atoms with Crippen molar-refractivity contribution in [3.63, 3.8) is 0 Å². The molecule has 0 fully saturated rings. The molecule has 0 bridgehead atoms. The highest BCUT2D eigenvalue weighted by Crippen LogP contribution is 2.19. The van der Waals surface area contributed by atoms with Gasteiger partial charge in [-0.2, -0.15) is 0 Å². The molecular weight excluding hydrogens is 346 g/mol. The zero-order valence-electron chi connectivity index (χ0n) is 14.5. The van der Waals surface area contributed by atoms with Gasteiger partial charge in [0.05, 0.1) is 19.0 Å². The molecule has 1 amide bonds. The van der Waals surface area contributed by atoms with Crippen molar-refractivity contribution < 1.29 is 14.3 Å². The van der Waals surface area contributed by atoms with Gasteiger partial charge in [-0.15, -0.1) is 0 Å². The van der Waals surface area contributed by atoms with Crippen LogP contribution in [-0.4, -0.2) is 45.0 Å². The minimum atomic E-state index is -0.835. The molecule has 4 aromatic rings. The van der Waals surface area contributed by atoms with Gasteiger partial charge in [0.15, 0.2) is 5.65 Å². The number of amides is 1. The molecule has 0 unspecified atom stereocenters. The normalized spacial score (nSPS) is 12.2. The molecule has 0 aliphatic rings. The van der Waals surface area contributed by atoms with Crippen molar-refractivity contribution in [1.29, 1.82) is 0 Å². The molecule has 3 N–H and O–H groups in total. The molecule has 4 rings (SSSR count). The Bertz CT molecular complexity index is 1130. The van der Waals surface area contributed by atoms with Crippen molar-refractivity contribution in [3.05, 3.63) is 60.2 Å². The van der Waals surface area contributed by atoms with E-state index in [4.69, 9.17) is 4.74 Å². The van der Waals surface area contributed by atoms with Crippen LogP contribution in [0.1, 0.15) is 16.1 Å². The monoisotopic (exact) mass is 363 g/mol. The topological polar surface area (TPSA) is 113 Å². The second-order valence-corrected chi connectivity index (χ2v) is 6.08. The third-order valence-corrected chi connectivity index (χ3v) is 4.40. The van der Waals surface area contributed by atoms with Crippen LogP contribution >= 0.6 is 0 Å². The average molecular weight is 363 g/mol. The largest absolute Gasteiger partial charge is 0.467 e. The highest BCUT2D eigenvalue weighted by molar-refractivity contribution is 5.96. The van der Waals surface area contributed by atoms with E-state index < -0.39 is 17.9 Å². The second kappa shape index (κ2) is 6.91. The van der Waals surface area contributed by atoms with E-state index in [-0.39, 0.29) is 5.69 Å². The van der Waals surface area contributed by atoms with E-state index in [2.05, 4.69) is 25.3 Å². The molecule has 27 heavy (non-hydrogen) atoms. The zero-order valence-corrected chi connectivity index (χ0v) is 14.5. The molecule has 0 saturated carbocycles. The lowest BCUT2D eigenvalue weighted by Crippen LogP contribution is -2.43. The number of para-hydroxylation sites is 1. The van der Waals surface area contributed by atoms with Gasteiger partial charge in [0.2, 0.25) is 0 Å². The van der Waals surface area contributed by atoms with Gasteiger partial charge >= 0.3 is 5.97 Å². The summed E-state index contributed by atoms with van der Waals surface area (Å²) in [7, 11) is 1.30. The lowest BCUT2D eigenvalue weighted by Gasteiger charge is -2.16. The maximum atomic E-state index is 12.6. The van der Waals surface area contributed by atoms with Crippen molar-refractivity contribution in [2.75, 3.05) is 7.11 Å². The van der Waals surface area contributed by atoms with Crippen molar-refractivity contribution >= 4 is 33.9 Å². The number of pyridine rings is 1. The number of methoxy groups -OCH3 is 1. The van der Waals surface area contributed by atoms with Crippen molar-refractivity contribution in [2.24, 2.45) is 0 Å². The summed E-state index contributed by atoms with van der Waals surface area (Å²) in [5, 5.41) is 3.71. The summed E-state index contributed by atoms with van der Waals surface area (Å²) in [5.74, 6) is -0.982. The summed E-state index contributed by atoms with van der Waals surface area (Å²) in [5.41, 5.74) is 3.23. The minimum absolute atomic E-state index is 0.183. The van der Waals surface area contributed by atoms with Gasteiger partial charge in [-0.05, 0) is 23.8 Å². The number of hydrogen-bond acceptors (Lipinski definition) is 5. The van der Waals surface area contributed by atoms with Gasteiger partial charge in [-0.25, -0.2) is 14.8 Å². The lowest BCUT2D eigenvalue weighted by atomic mass is 10.0. The number of H-pyrrole nitrogens is 2. The maximum absolute atomic E-state index is 12.6. The number of benzene rings is 1. The third-order valence-electron chi connectivity index (χ3n) is 4.40. The first-order valence-electron chi connectivity index (χ1n) is 8.39. The molecule has 1 atom stereocenters. The number of aromatic amines is 2. The molecule has 136 valence electrons. The molecule has 0 spiro atoms. The highest BCUT2D eigenvalue weighted by atomic mass is 16.5. The van der Waals surface area contributed by atoms with Crippen LogP contribution in [0, 0.1) is 0 Å². The number of esters is 1. The predicted molar refractivity (Wildman–Crippen MR) is 99.2 cm³/mol. The molecule has 8 heteroatoms. The van der Waals surface area contributed by atoms with E-state index in [9.17, 15) is 9.59 Å². The fraction of sp³-hybridized carbons (Fsp3) is 0.158. The molecule has 0 aliphatic carbocycles. The van der Waals surface area contributed by atoms with Gasteiger partial charge in [0.1, 0.15) is 11.7 Å². The number of nitrogens with zero attached hydrogens (tertiary/aromatic N) is 2. The van der Waals surface area contributed by atoms with Crippen molar-refractivity contribution in [3.8, 4) is 0 Å². The van der Waals surface area contributed by atoms with E-state index in [0.29, 0.717) is 12.1 Å².